The Morgan fingerprint density at radius 2 is 1.87 bits per heavy atom. The maximum atomic E-state index is 11.8. The topological polar surface area (TPSA) is 43.4 Å². The molecule has 0 aromatic rings. The van der Waals surface area contributed by atoms with Crippen LogP contribution < -0.4 is 0 Å². The van der Waals surface area contributed by atoms with E-state index in [0.29, 0.717) is 11.8 Å². The second-order valence-corrected chi connectivity index (χ2v) is 7.81. The van der Waals surface area contributed by atoms with Crippen LogP contribution in [0, 0.1) is 11.8 Å². The summed E-state index contributed by atoms with van der Waals surface area (Å²) >= 11 is 0. The maximum Gasteiger partial charge on any atom is 0.272 e. The highest BCUT2D eigenvalue weighted by Crippen LogP contribution is 2.42. The Balaban J connectivity index is 2.08. The standard InChI is InChI=1S/C11H18O3S/c1-11(2,3)15(12,13)14-10-7-8-4-5-9(10)6-8/h4-5,8-10H,6-7H2,1-3H3. The van der Waals surface area contributed by atoms with Crippen LogP contribution in [0.3, 0.4) is 0 Å². The minimum absolute atomic E-state index is 0.121. The van der Waals surface area contributed by atoms with E-state index in [2.05, 4.69) is 12.2 Å². The Hall–Kier alpha value is -0.350. The van der Waals surface area contributed by atoms with Crippen LogP contribution in [0.25, 0.3) is 0 Å². The summed E-state index contributed by atoms with van der Waals surface area (Å²) < 4.78 is 28.2. The Labute approximate surface area is 91.6 Å². The molecule has 86 valence electrons. The lowest BCUT2D eigenvalue weighted by Gasteiger charge is -2.24. The van der Waals surface area contributed by atoms with E-state index in [4.69, 9.17) is 4.18 Å². The number of fused-ring (bicyclic) bond motifs is 2. The van der Waals surface area contributed by atoms with Gasteiger partial charge >= 0.3 is 0 Å². The SMILES string of the molecule is CC(C)(C)S(=O)(=O)OC1CC2C=CC1C2. The van der Waals surface area contributed by atoms with Gasteiger partial charge in [0.2, 0.25) is 0 Å². The summed E-state index contributed by atoms with van der Waals surface area (Å²) in [5.74, 6) is 0.849. The van der Waals surface area contributed by atoms with Crippen molar-refractivity contribution in [3.05, 3.63) is 12.2 Å². The molecule has 0 spiro atoms. The predicted molar refractivity (Wildman–Crippen MR) is 58.9 cm³/mol. The molecule has 1 saturated carbocycles. The molecule has 15 heavy (non-hydrogen) atoms. The van der Waals surface area contributed by atoms with Crippen molar-refractivity contribution in [2.45, 2.75) is 44.5 Å². The third-order valence-corrected chi connectivity index (χ3v) is 5.22. The van der Waals surface area contributed by atoms with E-state index >= 15 is 0 Å². The zero-order chi connectivity index (χ0) is 11.3. The van der Waals surface area contributed by atoms with Gasteiger partial charge in [0, 0.05) is 5.92 Å². The van der Waals surface area contributed by atoms with Crippen LogP contribution in [0.2, 0.25) is 0 Å². The largest absolute Gasteiger partial charge is 0.272 e. The van der Waals surface area contributed by atoms with Gasteiger partial charge in [0.15, 0.2) is 0 Å². The predicted octanol–water partition coefficient (Wildman–Crippen LogP) is 2.10. The van der Waals surface area contributed by atoms with Crippen molar-refractivity contribution in [3.63, 3.8) is 0 Å². The Kier molecular flexibility index (Phi) is 2.47. The summed E-state index contributed by atoms with van der Waals surface area (Å²) in [5, 5.41) is 0. The molecule has 2 aliphatic carbocycles. The molecule has 1 fully saturated rings. The normalized spacial score (nSPS) is 35.0. The quantitative estimate of drug-likeness (QED) is 0.539. The van der Waals surface area contributed by atoms with Gasteiger partial charge < -0.3 is 0 Å². The van der Waals surface area contributed by atoms with Gasteiger partial charge in [-0.15, -0.1) is 0 Å². The zero-order valence-electron chi connectivity index (χ0n) is 9.43. The van der Waals surface area contributed by atoms with Gasteiger partial charge in [0.1, 0.15) is 0 Å². The van der Waals surface area contributed by atoms with E-state index < -0.39 is 14.9 Å². The van der Waals surface area contributed by atoms with Crippen molar-refractivity contribution in [2.75, 3.05) is 0 Å². The van der Waals surface area contributed by atoms with Gasteiger partial charge in [0.25, 0.3) is 10.1 Å². The van der Waals surface area contributed by atoms with Gasteiger partial charge in [0.05, 0.1) is 10.9 Å². The maximum absolute atomic E-state index is 11.8. The summed E-state index contributed by atoms with van der Waals surface area (Å²) in [7, 11) is -3.44. The van der Waals surface area contributed by atoms with Crippen LogP contribution in [0.1, 0.15) is 33.6 Å². The molecule has 0 amide bonds. The van der Waals surface area contributed by atoms with Crippen LogP contribution in [-0.2, 0) is 14.3 Å². The summed E-state index contributed by atoms with van der Waals surface area (Å²) in [4.78, 5) is 0. The van der Waals surface area contributed by atoms with E-state index in [9.17, 15) is 8.42 Å². The zero-order valence-corrected chi connectivity index (χ0v) is 10.3. The lowest BCUT2D eigenvalue weighted by molar-refractivity contribution is 0.176. The van der Waals surface area contributed by atoms with Crippen molar-refractivity contribution in [3.8, 4) is 0 Å². The first-order valence-electron chi connectivity index (χ1n) is 5.41. The van der Waals surface area contributed by atoms with Crippen LogP contribution in [-0.4, -0.2) is 19.3 Å². The van der Waals surface area contributed by atoms with E-state index in [1.54, 1.807) is 20.8 Å². The second kappa shape index (κ2) is 3.32. The third kappa shape index (κ3) is 1.97. The van der Waals surface area contributed by atoms with Crippen molar-refractivity contribution in [2.24, 2.45) is 11.8 Å². The molecule has 2 aliphatic rings. The number of hydrogen-bond donors (Lipinski definition) is 0. The Bertz CT molecular complexity index is 375. The molecule has 4 heteroatoms. The van der Waals surface area contributed by atoms with Crippen LogP contribution in [0.5, 0.6) is 0 Å². The number of rotatable bonds is 2. The highest BCUT2D eigenvalue weighted by atomic mass is 32.2. The second-order valence-electron chi connectivity index (χ2n) is 5.48. The van der Waals surface area contributed by atoms with E-state index in [0.717, 1.165) is 12.8 Å². The lowest BCUT2D eigenvalue weighted by Crippen LogP contribution is -2.34. The fourth-order valence-corrected chi connectivity index (χ4v) is 2.98. The first-order chi connectivity index (χ1) is 6.79. The smallest absolute Gasteiger partial charge is 0.266 e. The van der Waals surface area contributed by atoms with Crippen molar-refractivity contribution < 1.29 is 12.6 Å². The molecule has 0 aromatic carbocycles. The van der Waals surface area contributed by atoms with E-state index in [1.165, 1.54) is 0 Å². The summed E-state index contributed by atoms with van der Waals surface area (Å²) in [6, 6.07) is 0. The van der Waals surface area contributed by atoms with Crippen molar-refractivity contribution >= 4 is 10.1 Å². The molecular formula is C11H18O3S. The summed E-state index contributed by atoms with van der Waals surface area (Å²) in [6.45, 7) is 5.02. The van der Waals surface area contributed by atoms with Gasteiger partial charge in [-0.25, -0.2) is 0 Å². The molecule has 0 aliphatic heterocycles. The first kappa shape index (κ1) is 11.1. The van der Waals surface area contributed by atoms with Crippen molar-refractivity contribution in [1.82, 2.24) is 0 Å². The van der Waals surface area contributed by atoms with E-state index in [1.807, 2.05) is 0 Å². The molecule has 0 heterocycles. The third-order valence-electron chi connectivity index (χ3n) is 3.22. The molecule has 3 nitrogen and oxygen atoms in total. The fourth-order valence-electron chi connectivity index (χ4n) is 2.15. The molecule has 0 radical (unpaired) electrons. The van der Waals surface area contributed by atoms with E-state index in [-0.39, 0.29) is 6.10 Å². The molecule has 0 N–H and O–H groups in total. The highest BCUT2D eigenvalue weighted by molar-refractivity contribution is 7.88. The summed E-state index contributed by atoms with van der Waals surface area (Å²) in [5.41, 5.74) is 0. The van der Waals surface area contributed by atoms with Crippen molar-refractivity contribution in [1.29, 1.82) is 0 Å². The fraction of sp³-hybridized carbons (Fsp3) is 0.818. The molecule has 3 unspecified atom stereocenters. The first-order valence-corrected chi connectivity index (χ1v) is 6.81. The summed E-state index contributed by atoms with van der Waals surface area (Å²) in [6.07, 6.45) is 6.07. The highest BCUT2D eigenvalue weighted by Gasteiger charge is 2.41. The Morgan fingerprint density at radius 3 is 2.27 bits per heavy atom. The van der Waals surface area contributed by atoms with Gasteiger partial charge in [-0.1, -0.05) is 12.2 Å². The van der Waals surface area contributed by atoms with Crippen LogP contribution in [0.4, 0.5) is 0 Å². The molecule has 3 atom stereocenters. The lowest BCUT2D eigenvalue weighted by atomic mass is 10.1. The monoisotopic (exact) mass is 230 g/mol. The van der Waals surface area contributed by atoms with Gasteiger partial charge in [-0.2, -0.15) is 8.42 Å². The van der Waals surface area contributed by atoms with Gasteiger partial charge in [-0.05, 0) is 39.5 Å². The minimum Gasteiger partial charge on any atom is -0.266 e. The molecule has 2 bridgehead atoms. The molecule has 0 aromatic heterocycles. The Morgan fingerprint density at radius 1 is 1.20 bits per heavy atom. The molecular weight excluding hydrogens is 212 g/mol. The molecule has 0 saturated heterocycles. The average Bonchev–Trinajstić information content (AvgIpc) is 2.61. The average molecular weight is 230 g/mol. The van der Waals surface area contributed by atoms with Crippen LogP contribution >= 0.6 is 0 Å². The van der Waals surface area contributed by atoms with Gasteiger partial charge in [-0.3, -0.25) is 4.18 Å². The number of hydrogen-bond acceptors (Lipinski definition) is 3. The minimum atomic E-state index is -3.44. The number of allylic oxidation sites excluding steroid dienone is 1. The van der Waals surface area contributed by atoms with Crippen LogP contribution in [0.15, 0.2) is 12.2 Å². The molecule has 2 rings (SSSR count).